The summed E-state index contributed by atoms with van der Waals surface area (Å²) in [6.45, 7) is 6.08. The SMILES string of the molecule is CC.CCc1cc(-c2cccs2)ccc1C(=O)/C=C/CC1=CCC(OC)=C(OC)C(OC)=C1. The summed E-state index contributed by atoms with van der Waals surface area (Å²) in [5, 5.41) is 2.06. The van der Waals surface area contributed by atoms with E-state index in [0.29, 0.717) is 30.1 Å². The lowest BCUT2D eigenvalue weighted by Crippen LogP contribution is -2.01. The van der Waals surface area contributed by atoms with Crippen LogP contribution >= 0.6 is 11.3 Å². The molecule has 4 nitrogen and oxygen atoms in total. The largest absolute Gasteiger partial charge is 0.497 e. The number of benzene rings is 1. The van der Waals surface area contributed by atoms with Crippen LogP contribution in [0.2, 0.25) is 0 Å². The highest BCUT2D eigenvalue weighted by atomic mass is 32.1. The molecule has 2 aromatic rings. The first kappa shape index (κ1) is 26.2. The summed E-state index contributed by atoms with van der Waals surface area (Å²) in [6, 6.07) is 10.2. The number of carbonyl (C=O) groups is 1. The van der Waals surface area contributed by atoms with Crippen LogP contribution in [0, 0.1) is 0 Å². The minimum atomic E-state index is 0.0213. The number of carbonyl (C=O) groups excluding carboxylic acids is 1. The molecule has 33 heavy (non-hydrogen) atoms. The van der Waals surface area contributed by atoms with Crippen LogP contribution in [0.5, 0.6) is 0 Å². The van der Waals surface area contributed by atoms with E-state index in [2.05, 4.69) is 30.5 Å². The fourth-order valence-corrected chi connectivity index (χ4v) is 4.27. The van der Waals surface area contributed by atoms with Crippen molar-refractivity contribution in [2.45, 2.75) is 40.0 Å². The fourth-order valence-electron chi connectivity index (χ4n) is 3.55. The second-order valence-electron chi connectivity index (χ2n) is 7.03. The van der Waals surface area contributed by atoms with Gasteiger partial charge in [-0.2, -0.15) is 0 Å². The van der Waals surface area contributed by atoms with Crippen LogP contribution in [-0.2, 0) is 20.6 Å². The van der Waals surface area contributed by atoms with E-state index < -0.39 is 0 Å². The number of ketones is 1. The Kier molecular flexibility index (Phi) is 10.7. The monoisotopic (exact) mass is 466 g/mol. The quantitative estimate of drug-likeness (QED) is 0.283. The molecule has 0 spiro atoms. The van der Waals surface area contributed by atoms with Crippen molar-refractivity contribution in [1.29, 1.82) is 0 Å². The third-order valence-corrected chi connectivity index (χ3v) is 6.11. The van der Waals surface area contributed by atoms with Crippen molar-refractivity contribution < 1.29 is 19.0 Å². The molecule has 176 valence electrons. The molecule has 5 heteroatoms. The molecule has 1 aliphatic rings. The zero-order chi connectivity index (χ0) is 24.2. The Balaban J connectivity index is 0.00000187. The van der Waals surface area contributed by atoms with Gasteiger partial charge in [0.1, 0.15) is 5.76 Å². The highest BCUT2D eigenvalue weighted by Crippen LogP contribution is 2.28. The molecule has 0 aliphatic heterocycles. The van der Waals surface area contributed by atoms with Gasteiger partial charge in [-0.05, 0) is 59.2 Å². The molecular formula is C28H34O4S. The average Bonchev–Trinajstić information content (AvgIpc) is 3.34. The summed E-state index contributed by atoms with van der Waals surface area (Å²) >= 11 is 1.70. The molecule has 1 aliphatic carbocycles. The highest BCUT2D eigenvalue weighted by molar-refractivity contribution is 7.13. The van der Waals surface area contributed by atoms with Gasteiger partial charge in [0.25, 0.3) is 0 Å². The molecule has 1 aromatic carbocycles. The van der Waals surface area contributed by atoms with Crippen molar-refractivity contribution in [2.24, 2.45) is 0 Å². The van der Waals surface area contributed by atoms with E-state index in [9.17, 15) is 4.79 Å². The van der Waals surface area contributed by atoms with Crippen LogP contribution in [0.3, 0.4) is 0 Å². The van der Waals surface area contributed by atoms with Gasteiger partial charge in [0.2, 0.25) is 0 Å². The molecule has 3 rings (SSSR count). The maximum atomic E-state index is 12.9. The van der Waals surface area contributed by atoms with Gasteiger partial charge in [0.05, 0.1) is 21.3 Å². The summed E-state index contributed by atoms with van der Waals surface area (Å²) in [5.41, 5.74) is 4.01. The first-order valence-electron chi connectivity index (χ1n) is 11.2. The number of rotatable bonds is 9. The number of aryl methyl sites for hydroxylation is 1. The molecule has 0 amide bonds. The highest BCUT2D eigenvalue weighted by Gasteiger charge is 2.17. The number of methoxy groups -OCH3 is 3. The first-order valence-corrected chi connectivity index (χ1v) is 12.1. The second kappa shape index (κ2) is 13.5. The minimum absolute atomic E-state index is 0.0213. The van der Waals surface area contributed by atoms with E-state index in [0.717, 1.165) is 28.7 Å². The Bertz CT molecular complexity index is 1040. The number of thiophene rings is 1. The van der Waals surface area contributed by atoms with Gasteiger partial charge in [-0.1, -0.05) is 51.1 Å². The fraction of sp³-hybridized carbons (Fsp3) is 0.321. The van der Waals surface area contributed by atoms with E-state index in [1.54, 1.807) is 38.7 Å². The van der Waals surface area contributed by atoms with E-state index in [-0.39, 0.29) is 5.78 Å². The number of hydrogen-bond donors (Lipinski definition) is 0. The zero-order valence-electron chi connectivity index (χ0n) is 20.4. The van der Waals surface area contributed by atoms with E-state index in [1.807, 2.05) is 44.2 Å². The molecule has 1 heterocycles. The van der Waals surface area contributed by atoms with Gasteiger partial charge in [0, 0.05) is 16.9 Å². The Labute approximate surface area is 201 Å². The summed E-state index contributed by atoms with van der Waals surface area (Å²) in [7, 11) is 4.82. The lowest BCUT2D eigenvalue weighted by Gasteiger charge is -2.12. The molecule has 0 saturated carbocycles. The lowest BCUT2D eigenvalue weighted by atomic mass is 9.97. The van der Waals surface area contributed by atoms with E-state index >= 15 is 0 Å². The molecular weight excluding hydrogens is 432 g/mol. The molecule has 0 radical (unpaired) electrons. The molecule has 1 aromatic heterocycles. The Morgan fingerprint density at radius 3 is 2.48 bits per heavy atom. The molecule has 0 bridgehead atoms. The number of ether oxygens (including phenoxy) is 3. The maximum Gasteiger partial charge on any atom is 0.199 e. The topological polar surface area (TPSA) is 44.8 Å². The standard InChI is InChI=1S/C26H28O4S.C2H6/c1-5-19-17-20(25-10-7-15-31-25)12-13-21(19)22(27)9-6-8-18-11-14-23(28-2)26(30-4)24(16-18)29-3;1-2/h6-7,9-13,15-17H,5,8,14H2,1-4H3;1-2H3/b9-6+;. The predicted molar refractivity (Wildman–Crippen MR) is 137 cm³/mol. The molecule has 0 N–H and O–H groups in total. The van der Waals surface area contributed by atoms with Gasteiger partial charge >= 0.3 is 0 Å². The van der Waals surface area contributed by atoms with Crippen LogP contribution in [0.4, 0.5) is 0 Å². The van der Waals surface area contributed by atoms with Crippen LogP contribution in [0.25, 0.3) is 10.4 Å². The summed E-state index contributed by atoms with van der Waals surface area (Å²) in [5.74, 6) is 1.94. The van der Waals surface area contributed by atoms with E-state index in [4.69, 9.17) is 14.2 Å². The van der Waals surface area contributed by atoms with E-state index in [1.165, 1.54) is 4.88 Å². The third-order valence-electron chi connectivity index (χ3n) is 5.19. The number of allylic oxidation sites excluding steroid dienone is 5. The first-order chi connectivity index (χ1) is 16.1. The van der Waals surface area contributed by atoms with Gasteiger partial charge < -0.3 is 14.2 Å². The van der Waals surface area contributed by atoms with Gasteiger partial charge in [0.15, 0.2) is 17.3 Å². The molecule has 0 atom stereocenters. The average molecular weight is 467 g/mol. The van der Waals surface area contributed by atoms with Crippen molar-refractivity contribution in [2.75, 3.05) is 21.3 Å². The van der Waals surface area contributed by atoms with Gasteiger partial charge in [-0.3, -0.25) is 4.79 Å². The van der Waals surface area contributed by atoms with Crippen molar-refractivity contribution in [1.82, 2.24) is 0 Å². The second-order valence-corrected chi connectivity index (χ2v) is 7.98. The summed E-state index contributed by atoms with van der Waals surface area (Å²) in [4.78, 5) is 14.1. The van der Waals surface area contributed by atoms with Crippen LogP contribution in [0.1, 0.15) is 49.5 Å². The molecule has 0 fully saturated rings. The Morgan fingerprint density at radius 1 is 1.09 bits per heavy atom. The lowest BCUT2D eigenvalue weighted by molar-refractivity contribution is 0.104. The van der Waals surface area contributed by atoms with Crippen molar-refractivity contribution in [3.63, 3.8) is 0 Å². The smallest absolute Gasteiger partial charge is 0.199 e. The Morgan fingerprint density at radius 2 is 1.88 bits per heavy atom. The predicted octanol–water partition coefficient (Wildman–Crippen LogP) is 7.50. The Hall–Kier alpha value is -3.05. The third kappa shape index (κ3) is 6.72. The van der Waals surface area contributed by atoms with Crippen molar-refractivity contribution >= 4 is 17.1 Å². The van der Waals surface area contributed by atoms with Crippen molar-refractivity contribution in [3.8, 4) is 10.4 Å². The van der Waals surface area contributed by atoms with Gasteiger partial charge in [-0.25, -0.2) is 0 Å². The van der Waals surface area contributed by atoms with Gasteiger partial charge in [-0.15, -0.1) is 11.3 Å². The summed E-state index contributed by atoms with van der Waals surface area (Å²) in [6.07, 6.45) is 9.57. The maximum absolute atomic E-state index is 12.9. The minimum Gasteiger partial charge on any atom is -0.497 e. The van der Waals surface area contributed by atoms with Crippen LogP contribution in [-0.4, -0.2) is 27.1 Å². The summed E-state index contributed by atoms with van der Waals surface area (Å²) < 4.78 is 16.4. The normalized spacial score (nSPS) is 13.5. The zero-order valence-corrected chi connectivity index (χ0v) is 21.3. The molecule has 0 unspecified atom stereocenters. The van der Waals surface area contributed by atoms with Crippen LogP contribution in [0.15, 0.2) is 82.9 Å². The van der Waals surface area contributed by atoms with Crippen molar-refractivity contribution in [3.05, 3.63) is 94.0 Å². The molecule has 0 saturated heterocycles. The number of hydrogen-bond acceptors (Lipinski definition) is 5. The van der Waals surface area contributed by atoms with Crippen LogP contribution < -0.4 is 0 Å².